The summed E-state index contributed by atoms with van der Waals surface area (Å²) >= 11 is 0. The molecule has 2 heterocycles. The van der Waals surface area contributed by atoms with E-state index in [9.17, 15) is 0 Å². The lowest BCUT2D eigenvalue weighted by molar-refractivity contribution is 0.673. The van der Waals surface area contributed by atoms with Crippen molar-refractivity contribution in [1.29, 1.82) is 0 Å². The predicted octanol–water partition coefficient (Wildman–Crippen LogP) is 14.3. The van der Waals surface area contributed by atoms with E-state index < -0.39 is 0 Å². The van der Waals surface area contributed by atoms with E-state index in [0.29, 0.717) is 5.82 Å². The summed E-state index contributed by atoms with van der Waals surface area (Å²) in [5, 5.41) is 16.2. The molecule has 0 N–H and O–H groups in total. The predicted molar refractivity (Wildman–Crippen MR) is 231 cm³/mol. The van der Waals surface area contributed by atoms with Crippen molar-refractivity contribution in [2.45, 2.75) is 0 Å². The molecule has 254 valence electrons. The van der Waals surface area contributed by atoms with Crippen molar-refractivity contribution in [2.24, 2.45) is 0 Å². The van der Waals surface area contributed by atoms with E-state index in [1.54, 1.807) is 0 Å². The second-order valence-corrected chi connectivity index (χ2v) is 14.5. The van der Waals surface area contributed by atoms with E-state index >= 15 is 0 Å². The first kappa shape index (κ1) is 30.1. The van der Waals surface area contributed by atoms with Crippen LogP contribution in [0.3, 0.4) is 0 Å². The molecule has 0 amide bonds. The number of rotatable bonds is 3. The van der Waals surface area contributed by atoms with Crippen LogP contribution in [0.15, 0.2) is 186 Å². The van der Waals surface area contributed by atoms with Gasteiger partial charge in [-0.3, -0.25) is 0 Å². The Balaban J connectivity index is 1.23. The normalized spacial score (nSPS) is 12.0. The lowest BCUT2D eigenvalue weighted by Crippen LogP contribution is -1.97. The van der Waals surface area contributed by atoms with Gasteiger partial charge >= 0.3 is 0 Å². The van der Waals surface area contributed by atoms with Gasteiger partial charge in [-0.25, -0.2) is 9.97 Å². The number of benzene rings is 10. The molecule has 0 aliphatic carbocycles. The van der Waals surface area contributed by atoms with Gasteiger partial charge in [-0.05, 0) is 83.5 Å². The maximum Gasteiger partial charge on any atom is 0.160 e. The van der Waals surface area contributed by atoms with Gasteiger partial charge in [0.2, 0.25) is 0 Å². The van der Waals surface area contributed by atoms with Crippen LogP contribution in [0.2, 0.25) is 0 Å². The highest BCUT2D eigenvalue weighted by atomic mass is 16.3. The third kappa shape index (κ3) is 4.50. The summed E-state index contributed by atoms with van der Waals surface area (Å²) < 4.78 is 7.09. The van der Waals surface area contributed by atoms with Gasteiger partial charge in [0.1, 0.15) is 11.2 Å². The van der Waals surface area contributed by atoms with Gasteiger partial charge in [-0.1, -0.05) is 158 Å². The molecular weight excluding hydrogens is 669 g/mol. The summed E-state index contributed by atoms with van der Waals surface area (Å²) in [4.78, 5) is 10.8. The van der Waals surface area contributed by atoms with Gasteiger partial charge in [-0.15, -0.1) is 0 Å². The fraction of sp³-hybridized carbons (Fsp3) is 0. The minimum Gasteiger partial charge on any atom is -0.455 e. The summed E-state index contributed by atoms with van der Waals surface area (Å²) in [5.74, 6) is 0.683. The minimum atomic E-state index is 0.683. The third-order valence-corrected chi connectivity index (χ3v) is 11.4. The van der Waals surface area contributed by atoms with Crippen LogP contribution in [0, 0.1) is 0 Å². The zero-order valence-electron chi connectivity index (χ0n) is 29.6. The average molecular weight is 699 g/mol. The van der Waals surface area contributed by atoms with Gasteiger partial charge in [0.25, 0.3) is 0 Å². The fourth-order valence-electron chi connectivity index (χ4n) is 8.93. The number of nitrogens with zero attached hydrogens (tertiary/aromatic N) is 2. The number of hydrogen-bond acceptors (Lipinski definition) is 3. The van der Waals surface area contributed by atoms with Crippen LogP contribution in [0.5, 0.6) is 0 Å². The minimum absolute atomic E-state index is 0.683. The molecular formula is C52H30N2O. The summed E-state index contributed by atoms with van der Waals surface area (Å²) in [7, 11) is 0. The summed E-state index contributed by atoms with van der Waals surface area (Å²) in [6, 6.07) is 64.8. The molecule has 2 aromatic heterocycles. The Bertz CT molecular complexity index is 3520. The molecule has 0 aliphatic heterocycles. The van der Waals surface area contributed by atoms with Crippen molar-refractivity contribution in [3.05, 3.63) is 182 Å². The first-order chi connectivity index (χ1) is 27.3. The molecule has 12 rings (SSSR count). The Morgan fingerprint density at radius 1 is 0.345 bits per heavy atom. The molecule has 12 aromatic rings. The molecule has 10 aromatic carbocycles. The number of aromatic nitrogens is 2. The maximum atomic E-state index is 7.09. The van der Waals surface area contributed by atoms with Crippen molar-refractivity contribution >= 4 is 86.6 Å². The molecule has 0 aliphatic rings. The fourth-order valence-corrected chi connectivity index (χ4v) is 8.93. The SMILES string of the molecule is c1ccc2cc(-c3nc(-c4cccc5ccccc45)cc(-c4c5ccccc5cc5oc6c(ccc7c8ccccc8c8ccccc8c76)c45)n3)ccc2c1. The Kier molecular flexibility index (Phi) is 6.34. The lowest BCUT2D eigenvalue weighted by Gasteiger charge is -2.14. The van der Waals surface area contributed by atoms with Crippen LogP contribution in [0.1, 0.15) is 0 Å². The van der Waals surface area contributed by atoms with Crippen molar-refractivity contribution in [3.63, 3.8) is 0 Å². The smallest absolute Gasteiger partial charge is 0.160 e. The second-order valence-electron chi connectivity index (χ2n) is 14.5. The van der Waals surface area contributed by atoms with Crippen LogP contribution in [0.25, 0.3) is 120 Å². The van der Waals surface area contributed by atoms with Gasteiger partial charge < -0.3 is 4.42 Å². The zero-order chi connectivity index (χ0) is 36.0. The summed E-state index contributed by atoms with van der Waals surface area (Å²) in [6.45, 7) is 0. The van der Waals surface area contributed by atoms with Gasteiger partial charge in [-0.2, -0.15) is 0 Å². The van der Waals surface area contributed by atoms with Gasteiger partial charge in [0.15, 0.2) is 5.82 Å². The highest BCUT2D eigenvalue weighted by molar-refractivity contribution is 6.33. The zero-order valence-corrected chi connectivity index (χ0v) is 29.6. The molecule has 3 heteroatoms. The molecule has 0 radical (unpaired) electrons. The van der Waals surface area contributed by atoms with E-state index in [-0.39, 0.29) is 0 Å². The second kappa shape index (κ2) is 11.6. The monoisotopic (exact) mass is 698 g/mol. The number of hydrogen-bond donors (Lipinski definition) is 0. The average Bonchev–Trinajstić information content (AvgIpc) is 3.63. The van der Waals surface area contributed by atoms with Crippen LogP contribution in [-0.4, -0.2) is 9.97 Å². The molecule has 0 fully saturated rings. The van der Waals surface area contributed by atoms with E-state index in [2.05, 4.69) is 182 Å². The van der Waals surface area contributed by atoms with Crippen molar-refractivity contribution in [2.75, 3.05) is 0 Å². The van der Waals surface area contributed by atoms with Crippen LogP contribution < -0.4 is 0 Å². The number of fused-ring (bicyclic) bond motifs is 13. The first-order valence-electron chi connectivity index (χ1n) is 18.7. The molecule has 0 saturated heterocycles. The molecule has 0 bridgehead atoms. The molecule has 0 atom stereocenters. The van der Waals surface area contributed by atoms with Gasteiger partial charge in [0, 0.05) is 32.8 Å². The molecule has 0 spiro atoms. The molecule has 3 nitrogen and oxygen atoms in total. The Morgan fingerprint density at radius 2 is 0.927 bits per heavy atom. The lowest BCUT2D eigenvalue weighted by atomic mass is 9.91. The molecule has 0 saturated carbocycles. The highest BCUT2D eigenvalue weighted by Gasteiger charge is 2.23. The van der Waals surface area contributed by atoms with Crippen LogP contribution in [-0.2, 0) is 0 Å². The number of furan rings is 1. The van der Waals surface area contributed by atoms with Crippen molar-refractivity contribution < 1.29 is 4.42 Å². The van der Waals surface area contributed by atoms with Gasteiger partial charge in [0.05, 0.1) is 11.4 Å². The Morgan fingerprint density at radius 3 is 1.73 bits per heavy atom. The summed E-state index contributed by atoms with van der Waals surface area (Å²) in [6.07, 6.45) is 0. The highest BCUT2D eigenvalue weighted by Crippen LogP contribution is 2.47. The Hall–Kier alpha value is -7.36. The molecule has 0 unspecified atom stereocenters. The van der Waals surface area contributed by atoms with Crippen molar-refractivity contribution in [3.8, 4) is 33.9 Å². The van der Waals surface area contributed by atoms with Crippen molar-refractivity contribution in [1.82, 2.24) is 9.97 Å². The third-order valence-electron chi connectivity index (χ3n) is 11.4. The maximum absolute atomic E-state index is 7.09. The van der Waals surface area contributed by atoms with Crippen LogP contribution >= 0.6 is 0 Å². The standard InChI is InChI=1S/C52H30N2O/c1-2-14-33-28-35(25-24-31(33)12-1)52-53-45(41-23-11-16-32-13-3-5-17-36(32)41)30-46(54-52)49-37-18-6-4-15-34(37)29-47-50(49)44-27-26-43-40-21-8-7-19-38(40)39-20-9-10-22-42(39)48(43)51(44)55-47/h1-30H. The van der Waals surface area contributed by atoms with Crippen LogP contribution in [0.4, 0.5) is 0 Å². The molecule has 55 heavy (non-hydrogen) atoms. The topological polar surface area (TPSA) is 38.9 Å². The van der Waals surface area contributed by atoms with E-state index in [1.165, 1.54) is 37.7 Å². The largest absolute Gasteiger partial charge is 0.455 e. The van der Waals surface area contributed by atoms with E-state index in [4.69, 9.17) is 14.4 Å². The van der Waals surface area contributed by atoms with E-state index in [1.807, 2.05) is 0 Å². The Labute approximate surface area is 315 Å². The first-order valence-corrected chi connectivity index (χ1v) is 18.7. The summed E-state index contributed by atoms with van der Waals surface area (Å²) in [5.41, 5.74) is 6.55. The quantitative estimate of drug-likeness (QED) is 0.172. The van der Waals surface area contributed by atoms with E-state index in [0.717, 1.165) is 76.9 Å².